The fraction of sp³-hybridized carbons (Fsp3) is 0. The van der Waals surface area contributed by atoms with E-state index in [0.29, 0.717) is 3.90 Å². The topological polar surface area (TPSA) is 26.0 Å². The van der Waals surface area contributed by atoms with E-state index in [2.05, 4.69) is 50.2 Å². The molecular weight excluding hydrogens is 447 g/mol. The van der Waals surface area contributed by atoms with Crippen molar-refractivity contribution in [2.24, 2.45) is 0 Å². The SMILES string of the molecule is Ic1nc(I)c(I)o1. The Morgan fingerprint density at radius 2 is 1.88 bits per heavy atom. The van der Waals surface area contributed by atoms with Crippen LogP contribution in [0, 0.1) is 11.4 Å². The molecule has 0 atom stereocenters. The molecule has 0 unspecified atom stereocenters. The minimum Gasteiger partial charge on any atom is -0.425 e. The van der Waals surface area contributed by atoms with E-state index in [4.69, 9.17) is 4.42 Å². The summed E-state index contributed by atoms with van der Waals surface area (Å²) in [7, 11) is 0. The lowest BCUT2D eigenvalue weighted by Gasteiger charge is -1.72. The normalized spacial score (nSPS) is 9.88. The van der Waals surface area contributed by atoms with Gasteiger partial charge in [-0.3, -0.25) is 0 Å². The van der Waals surface area contributed by atoms with Gasteiger partial charge in [0.25, 0.3) is 3.90 Å². The minimum absolute atomic E-state index is 0.705. The predicted molar refractivity (Wildman–Crippen MR) is 54.7 cm³/mol. The molecule has 0 fully saturated rings. The Balaban J connectivity index is 3.14. The van der Waals surface area contributed by atoms with Crippen molar-refractivity contribution in [2.75, 3.05) is 0 Å². The number of aromatic nitrogens is 1. The van der Waals surface area contributed by atoms with Gasteiger partial charge in [0.1, 0.15) is 0 Å². The summed E-state index contributed by atoms with van der Waals surface area (Å²) in [6, 6.07) is 0. The van der Waals surface area contributed by atoms with Crippen molar-refractivity contribution < 1.29 is 4.42 Å². The molecule has 1 heterocycles. The van der Waals surface area contributed by atoms with Crippen molar-refractivity contribution in [1.82, 2.24) is 4.98 Å². The lowest BCUT2D eigenvalue weighted by Crippen LogP contribution is -1.69. The number of oxazole rings is 1. The van der Waals surface area contributed by atoms with Gasteiger partial charge in [0.05, 0.1) is 0 Å². The predicted octanol–water partition coefficient (Wildman–Crippen LogP) is 2.49. The highest BCUT2D eigenvalue weighted by Gasteiger charge is 2.02. The Hall–Kier alpha value is 1.40. The van der Waals surface area contributed by atoms with Gasteiger partial charge in [-0.1, -0.05) is 0 Å². The summed E-state index contributed by atoms with van der Waals surface area (Å²) in [5.41, 5.74) is 0. The number of hydrogen-bond acceptors (Lipinski definition) is 2. The van der Waals surface area contributed by atoms with Crippen LogP contribution >= 0.6 is 67.8 Å². The molecule has 44 valence electrons. The van der Waals surface area contributed by atoms with Crippen LogP contribution in [0.1, 0.15) is 0 Å². The average molecular weight is 447 g/mol. The van der Waals surface area contributed by atoms with Gasteiger partial charge in [-0.25, -0.2) is 0 Å². The van der Waals surface area contributed by atoms with Crippen LogP contribution in [0.15, 0.2) is 4.42 Å². The van der Waals surface area contributed by atoms with Crippen LogP contribution in [0.4, 0.5) is 0 Å². The molecule has 0 aromatic carbocycles. The first kappa shape index (κ1) is 7.51. The fourth-order valence-corrected chi connectivity index (χ4v) is 2.26. The molecule has 0 N–H and O–H groups in total. The Morgan fingerprint density at radius 3 is 2.00 bits per heavy atom. The molecule has 5 heteroatoms. The summed E-state index contributed by atoms with van der Waals surface area (Å²) >= 11 is 6.27. The quantitative estimate of drug-likeness (QED) is 0.572. The first-order valence-corrected chi connectivity index (χ1v) is 4.91. The van der Waals surface area contributed by atoms with Crippen molar-refractivity contribution in [1.29, 1.82) is 0 Å². The van der Waals surface area contributed by atoms with Crippen LogP contribution in [0.2, 0.25) is 0 Å². The zero-order valence-electron chi connectivity index (χ0n) is 3.49. The second kappa shape index (κ2) is 2.99. The molecule has 0 amide bonds. The molecule has 0 aliphatic heterocycles. The molecule has 1 aromatic rings. The maximum atomic E-state index is 5.07. The average Bonchev–Trinajstić information content (AvgIpc) is 1.85. The van der Waals surface area contributed by atoms with Crippen molar-refractivity contribution in [3.05, 3.63) is 11.4 Å². The van der Waals surface area contributed by atoms with Crippen molar-refractivity contribution in [3.8, 4) is 0 Å². The number of rotatable bonds is 0. The highest BCUT2D eigenvalue weighted by molar-refractivity contribution is 14.1. The largest absolute Gasteiger partial charge is 0.425 e. The summed E-state index contributed by atoms with van der Waals surface area (Å²) in [5, 5.41) is 0. The molecule has 8 heavy (non-hydrogen) atoms. The molecule has 0 aliphatic rings. The first-order chi connectivity index (χ1) is 3.70. The van der Waals surface area contributed by atoms with Crippen LogP contribution in [0.25, 0.3) is 0 Å². The monoisotopic (exact) mass is 447 g/mol. The smallest absolute Gasteiger partial charge is 0.259 e. The zero-order valence-corrected chi connectivity index (χ0v) is 9.96. The van der Waals surface area contributed by atoms with Gasteiger partial charge in [0.2, 0.25) is 0 Å². The Labute approximate surface area is 87.2 Å². The minimum atomic E-state index is 0.705. The summed E-state index contributed by atoms with van der Waals surface area (Å²) in [6.07, 6.45) is 0. The molecule has 1 aromatic heterocycles. The van der Waals surface area contributed by atoms with E-state index in [1.807, 2.05) is 22.6 Å². The molecule has 0 bridgehead atoms. The Kier molecular flexibility index (Phi) is 2.81. The van der Waals surface area contributed by atoms with E-state index < -0.39 is 0 Å². The van der Waals surface area contributed by atoms with Crippen molar-refractivity contribution in [3.63, 3.8) is 0 Å². The van der Waals surface area contributed by atoms with Gasteiger partial charge in [-0.15, -0.1) is 0 Å². The van der Waals surface area contributed by atoms with Crippen LogP contribution in [-0.2, 0) is 0 Å². The summed E-state index contributed by atoms with van der Waals surface area (Å²) in [4.78, 5) is 4.01. The van der Waals surface area contributed by atoms with Crippen LogP contribution < -0.4 is 0 Å². The number of nitrogens with zero attached hydrogens (tertiary/aromatic N) is 1. The van der Waals surface area contributed by atoms with E-state index in [1.54, 1.807) is 0 Å². The maximum Gasteiger partial charge on any atom is 0.259 e. The Bertz CT molecular complexity index is 177. The van der Waals surface area contributed by atoms with E-state index in [1.165, 1.54) is 0 Å². The van der Waals surface area contributed by atoms with Crippen LogP contribution in [0.3, 0.4) is 0 Å². The molecular formula is C3I3NO. The van der Waals surface area contributed by atoms with Crippen molar-refractivity contribution >= 4 is 67.8 Å². The van der Waals surface area contributed by atoms with Gasteiger partial charge < -0.3 is 4.42 Å². The third kappa shape index (κ3) is 1.69. The van der Waals surface area contributed by atoms with Crippen molar-refractivity contribution in [2.45, 2.75) is 0 Å². The van der Waals surface area contributed by atoms with E-state index in [0.717, 1.165) is 7.47 Å². The zero-order chi connectivity index (χ0) is 6.15. The second-order valence-corrected chi connectivity index (χ2v) is 3.96. The highest BCUT2D eigenvalue weighted by Crippen LogP contribution is 2.16. The summed E-state index contributed by atoms with van der Waals surface area (Å²) in [5.74, 6) is 0. The number of hydrogen-bond donors (Lipinski definition) is 0. The standard InChI is InChI=1S/C3I3NO/c4-1-2(5)8-3(6)7-1. The third-order valence-corrected chi connectivity index (χ3v) is 3.48. The second-order valence-electron chi connectivity index (χ2n) is 1.03. The van der Waals surface area contributed by atoms with Gasteiger partial charge in [-0.2, -0.15) is 4.98 Å². The lowest BCUT2D eigenvalue weighted by molar-refractivity contribution is 0.499. The lowest BCUT2D eigenvalue weighted by atomic mass is 11.0. The van der Waals surface area contributed by atoms with E-state index in [9.17, 15) is 0 Å². The van der Waals surface area contributed by atoms with Crippen LogP contribution in [-0.4, -0.2) is 4.98 Å². The molecule has 0 saturated carbocycles. The van der Waals surface area contributed by atoms with E-state index >= 15 is 0 Å². The fourth-order valence-electron chi connectivity index (χ4n) is 0.260. The molecule has 0 aliphatic carbocycles. The van der Waals surface area contributed by atoms with Crippen LogP contribution in [0.5, 0.6) is 0 Å². The third-order valence-electron chi connectivity index (χ3n) is 0.522. The number of halogens is 3. The van der Waals surface area contributed by atoms with Gasteiger partial charge >= 0.3 is 0 Å². The van der Waals surface area contributed by atoms with Gasteiger partial charge in [0, 0.05) is 45.2 Å². The summed E-state index contributed by atoms with van der Waals surface area (Å²) < 4.78 is 7.58. The first-order valence-electron chi connectivity index (χ1n) is 1.67. The Morgan fingerprint density at radius 1 is 1.25 bits per heavy atom. The molecule has 0 saturated heterocycles. The highest BCUT2D eigenvalue weighted by atomic mass is 127. The maximum absolute atomic E-state index is 5.07. The van der Waals surface area contributed by atoms with Gasteiger partial charge in [-0.05, 0) is 22.6 Å². The molecule has 0 spiro atoms. The van der Waals surface area contributed by atoms with Gasteiger partial charge in [0.15, 0.2) is 7.47 Å². The molecule has 0 radical (unpaired) electrons. The molecule has 1 rings (SSSR count). The van der Waals surface area contributed by atoms with E-state index in [-0.39, 0.29) is 0 Å². The molecule has 2 nitrogen and oxygen atoms in total. The summed E-state index contributed by atoms with van der Waals surface area (Å²) in [6.45, 7) is 0.